The minimum Gasteiger partial charge on any atom is -0.472 e. The molecule has 0 saturated heterocycles. The lowest BCUT2D eigenvalue weighted by molar-refractivity contribution is 0.323. The molecule has 98 valence electrons. The Morgan fingerprint density at radius 3 is 2.82 bits per heavy atom. The van der Waals surface area contributed by atoms with Gasteiger partial charge < -0.3 is 14.6 Å². The molecule has 0 bridgehead atoms. The Balaban J connectivity index is 1.92. The van der Waals surface area contributed by atoms with E-state index < -0.39 is 0 Å². The van der Waals surface area contributed by atoms with Crippen molar-refractivity contribution in [1.29, 1.82) is 0 Å². The second kappa shape index (κ2) is 9.25. The summed E-state index contributed by atoms with van der Waals surface area (Å²) in [4.78, 5) is 2.31. The quantitative estimate of drug-likeness (QED) is 0.635. The molecule has 3 heteroatoms. The Morgan fingerprint density at radius 1 is 1.24 bits per heavy atom. The van der Waals surface area contributed by atoms with E-state index in [1.165, 1.54) is 31.2 Å². The molecule has 3 nitrogen and oxygen atoms in total. The summed E-state index contributed by atoms with van der Waals surface area (Å²) in [6.07, 6.45) is 8.88. The van der Waals surface area contributed by atoms with Gasteiger partial charge in [-0.15, -0.1) is 0 Å². The lowest BCUT2D eigenvalue weighted by Gasteiger charge is -2.15. The van der Waals surface area contributed by atoms with Gasteiger partial charge in [-0.2, -0.15) is 0 Å². The van der Waals surface area contributed by atoms with Crippen LogP contribution in [0, 0.1) is 0 Å². The van der Waals surface area contributed by atoms with Crippen molar-refractivity contribution >= 4 is 0 Å². The Kier molecular flexibility index (Phi) is 7.76. The van der Waals surface area contributed by atoms with E-state index in [1.54, 1.807) is 6.26 Å². The zero-order valence-corrected chi connectivity index (χ0v) is 11.2. The molecular formula is C14H26N2O. The van der Waals surface area contributed by atoms with Crippen LogP contribution in [0.3, 0.4) is 0 Å². The largest absolute Gasteiger partial charge is 0.472 e. The molecule has 1 aromatic heterocycles. The third-order valence-corrected chi connectivity index (χ3v) is 2.91. The molecule has 0 aliphatic carbocycles. The third-order valence-electron chi connectivity index (χ3n) is 2.91. The van der Waals surface area contributed by atoms with Gasteiger partial charge in [0, 0.05) is 25.2 Å². The normalized spacial score (nSPS) is 11.2. The number of rotatable bonds is 10. The van der Waals surface area contributed by atoms with Crippen molar-refractivity contribution < 1.29 is 4.42 Å². The van der Waals surface area contributed by atoms with E-state index in [-0.39, 0.29) is 0 Å². The first-order valence-electron chi connectivity index (χ1n) is 6.73. The topological polar surface area (TPSA) is 28.4 Å². The van der Waals surface area contributed by atoms with E-state index in [9.17, 15) is 0 Å². The van der Waals surface area contributed by atoms with E-state index in [4.69, 9.17) is 4.42 Å². The summed E-state index contributed by atoms with van der Waals surface area (Å²) < 4.78 is 5.05. The summed E-state index contributed by atoms with van der Waals surface area (Å²) in [6, 6.07) is 2.02. The molecule has 0 fully saturated rings. The summed E-state index contributed by atoms with van der Waals surface area (Å²) in [5.74, 6) is 0. The summed E-state index contributed by atoms with van der Waals surface area (Å²) in [6.45, 7) is 6.52. The van der Waals surface area contributed by atoms with Crippen LogP contribution in [0.2, 0.25) is 0 Å². The highest BCUT2D eigenvalue weighted by Crippen LogP contribution is 2.02. The summed E-state index contributed by atoms with van der Waals surface area (Å²) >= 11 is 0. The first kappa shape index (κ1) is 14.3. The highest BCUT2D eigenvalue weighted by atomic mass is 16.3. The van der Waals surface area contributed by atoms with Crippen molar-refractivity contribution in [2.45, 2.75) is 39.2 Å². The van der Waals surface area contributed by atoms with Crippen molar-refractivity contribution in [1.82, 2.24) is 10.2 Å². The Labute approximate surface area is 105 Å². The van der Waals surface area contributed by atoms with Crippen LogP contribution in [0.25, 0.3) is 0 Å². The standard InChI is InChI=1S/C14H26N2O/c1-3-4-5-6-8-15-9-10-16(2)12-14-7-11-17-13-14/h7,11,13,15H,3-6,8-10,12H2,1-2H3. The van der Waals surface area contributed by atoms with E-state index >= 15 is 0 Å². The molecule has 17 heavy (non-hydrogen) atoms. The molecule has 1 rings (SSSR count). The molecule has 0 atom stereocenters. The maximum atomic E-state index is 5.05. The van der Waals surface area contributed by atoms with Gasteiger partial charge in [-0.1, -0.05) is 26.2 Å². The Bertz CT molecular complexity index is 259. The second-order valence-corrected chi connectivity index (χ2v) is 4.68. The Morgan fingerprint density at radius 2 is 2.12 bits per heavy atom. The van der Waals surface area contributed by atoms with Gasteiger partial charge in [0.25, 0.3) is 0 Å². The highest BCUT2D eigenvalue weighted by molar-refractivity contribution is 5.04. The SMILES string of the molecule is CCCCCCNCCN(C)Cc1ccoc1. The lowest BCUT2D eigenvalue weighted by atomic mass is 10.2. The first-order chi connectivity index (χ1) is 8.33. The predicted molar refractivity (Wildman–Crippen MR) is 72.1 cm³/mol. The molecule has 0 amide bonds. The zero-order valence-electron chi connectivity index (χ0n) is 11.2. The fraction of sp³-hybridized carbons (Fsp3) is 0.714. The lowest BCUT2D eigenvalue weighted by Crippen LogP contribution is -2.29. The molecule has 0 saturated carbocycles. The molecule has 0 aliphatic heterocycles. The van der Waals surface area contributed by atoms with E-state index in [0.29, 0.717) is 0 Å². The van der Waals surface area contributed by atoms with Gasteiger partial charge in [0.2, 0.25) is 0 Å². The molecular weight excluding hydrogens is 212 g/mol. The van der Waals surface area contributed by atoms with Gasteiger partial charge in [0.1, 0.15) is 0 Å². The fourth-order valence-electron chi connectivity index (χ4n) is 1.85. The number of unbranched alkanes of at least 4 members (excludes halogenated alkanes) is 3. The van der Waals surface area contributed by atoms with E-state index in [0.717, 1.165) is 26.2 Å². The number of nitrogens with zero attached hydrogens (tertiary/aromatic N) is 1. The van der Waals surface area contributed by atoms with Gasteiger partial charge in [0.15, 0.2) is 0 Å². The van der Waals surface area contributed by atoms with E-state index in [1.807, 2.05) is 12.3 Å². The van der Waals surface area contributed by atoms with Gasteiger partial charge in [-0.25, -0.2) is 0 Å². The predicted octanol–water partition coefficient (Wildman–Crippen LogP) is 2.88. The molecule has 1 aromatic rings. The van der Waals surface area contributed by atoms with Crippen molar-refractivity contribution in [2.75, 3.05) is 26.7 Å². The minimum absolute atomic E-state index is 0.966. The van der Waals surface area contributed by atoms with Gasteiger partial charge in [-0.3, -0.25) is 0 Å². The number of likely N-dealkylation sites (N-methyl/N-ethyl adjacent to an activating group) is 1. The number of furan rings is 1. The van der Waals surface area contributed by atoms with Crippen LogP contribution in [0.5, 0.6) is 0 Å². The monoisotopic (exact) mass is 238 g/mol. The van der Waals surface area contributed by atoms with Gasteiger partial charge >= 0.3 is 0 Å². The van der Waals surface area contributed by atoms with Crippen LogP contribution >= 0.6 is 0 Å². The van der Waals surface area contributed by atoms with Gasteiger partial charge in [-0.05, 0) is 26.1 Å². The third kappa shape index (κ3) is 7.18. The average Bonchev–Trinajstić information content (AvgIpc) is 2.80. The number of nitrogens with one attached hydrogen (secondary N) is 1. The van der Waals surface area contributed by atoms with Gasteiger partial charge in [0.05, 0.1) is 12.5 Å². The zero-order chi connectivity index (χ0) is 12.3. The van der Waals surface area contributed by atoms with Crippen molar-refractivity contribution in [3.05, 3.63) is 24.2 Å². The van der Waals surface area contributed by atoms with E-state index in [2.05, 4.69) is 24.2 Å². The summed E-state index contributed by atoms with van der Waals surface area (Å²) in [5.41, 5.74) is 1.25. The maximum absolute atomic E-state index is 5.05. The summed E-state index contributed by atoms with van der Waals surface area (Å²) in [5, 5.41) is 3.49. The molecule has 1 heterocycles. The van der Waals surface area contributed by atoms with Crippen LogP contribution < -0.4 is 5.32 Å². The van der Waals surface area contributed by atoms with Crippen LogP contribution in [-0.2, 0) is 6.54 Å². The molecule has 0 spiro atoms. The number of hydrogen-bond donors (Lipinski definition) is 1. The highest BCUT2D eigenvalue weighted by Gasteiger charge is 2.00. The molecule has 0 aliphatic rings. The second-order valence-electron chi connectivity index (χ2n) is 4.68. The molecule has 0 unspecified atom stereocenters. The maximum Gasteiger partial charge on any atom is 0.0947 e. The first-order valence-corrected chi connectivity index (χ1v) is 6.73. The minimum atomic E-state index is 0.966. The average molecular weight is 238 g/mol. The summed E-state index contributed by atoms with van der Waals surface area (Å²) in [7, 11) is 2.14. The smallest absolute Gasteiger partial charge is 0.0947 e. The van der Waals surface area contributed by atoms with Crippen molar-refractivity contribution in [2.24, 2.45) is 0 Å². The Hall–Kier alpha value is -0.800. The van der Waals surface area contributed by atoms with Crippen molar-refractivity contribution in [3.8, 4) is 0 Å². The van der Waals surface area contributed by atoms with Crippen LogP contribution in [-0.4, -0.2) is 31.6 Å². The molecule has 1 N–H and O–H groups in total. The fourth-order valence-corrected chi connectivity index (χ4v) is 1.85. The van der Waals surface area contributed by atoms with Crippen LogP contribution in [0.4, 0.5) is 0 Å². The molecule has 0 aromatic carbocycles. The molecule has 0 radical (unpaired) electrons. The number of hydrogen-bond acceptors (Lipinski definition) is 3. The van der Waals surface area contributed by atoms with Crippen LogP contribution in [0.1, 0.15) is 38.2 Å². The van der Waals surface area contributed by atoms with Crippen molar-refractivity contribution in [3.63, 3.8) is 0 Å². The van der Waals surface area contributed by atoms with Crippen LogP contribution in [0.15, 0.2) is 23.0 Å².